The van der Waals surface area contributed by atoms with Crippen LogP contribution in [0.2, 0.25) is 0 Å². The van der Waals surface area contributed by atoms with Gasteiger partial charge in [-0.05, 0) is 12.8 Å². The van der Waals surface area contributed by atoms with Crippen LogP contribution in [0.25, 0.3) is 0 Å². The van der Waals surface area contributed by atoms with Crippen LogP contribution in [0.5, 0.6) is 0 Å². The van der Waals surface area contributed by atoms with Crippen LogP contribution in [0.1, 0.15) is 158 Å². The molecule has 256 valence electrons. The van der Waals surface area contributed by atoms with Crippen LogP contribution in [-0.4, -0.2) is 47.8 Å². The molecule has 0 heterocycles. The third-order valence-corrected chi connectivity index (χ3v) is 7.00. The van der Waals surface area contributed by atoms with Crippen molar-refractivity contribution in [3.8, 4) is 0 Å². The van der Waals surface area contributed by atoms with Gasteiger partial charge in [0.25, 0.3) is 0 Å². The van der Waals surface area contributed by atoms with E-state index in [2.05, 4.69) is 24.5 Å². The van der Waals surface area contributed by atoms with Crippen molar-refractivity contribution in [3.63, 3.8) is 0 Å². The first-order valence-corrected chi connectivity index (χ1v) is 16.3. The molecule has 0 aliphatic heterocycles. The van der Waals surface area contributed by atoms with Crippen molar-refractivity contribution >= 4 is 35.7 Å². The molecular weight excluding hydrogens is 638 g/mol. The predicted molar refractivity (Wildman–Crippen MR) is 159 cm³/mol. The molecule has 0 unspecified atom stereocenters. The summed E-state index contributed by atoms with van der Waals surface area (Å²) in [5.74, 6) is -7.19. The van der Waals surface area contributed by atoms with Gasteiger partial charge in [-0.1, -0.05) is 117 Å². The van der Waals surface area contributed by atoms with E-state index < -0.39 is 60.6 Å². The average Bonchev–Trinajstić information content (AvgIpc) is 2.94. The maximum absolute atomic E-state index is 11.5. The SMILES string of the molecule is CCCCCCCCCCCC(=O)N[C@@H](CC(=O)[O-])C(=O)[O-].CCCCCCCCCCCC(=O)N[C@@H](CC(=O)[O-])C(=O)[O-].[H+].[H+].[Zn+2]. The van der Waals surface area contributed by atoms with Gasteiger partial charge < -0.3 is 50.2 Å². The number of carboxylic acid groups (broad SMARTS) is 4. The van der Waals surface area contributed by atoms with E-state index >= 15 is 0 Å². The quantitative estimate of drug-likeness (QED) is 0.0867. The Morgan fingerprint density at radius 2 is 0.711 bits per heavy atom. The predicted octanol–water partition coefficient (Wildman–Crippen LogP) is 0.787. The molecule has 0 aliphatic carbocycles. The molecule has 0 radical (unpaired) electrons. The molecule has 45 heavy (non-hydrogen) atoms. The zero-order valence-electron chi connectivity index (χ0n) is 29.5. The van der Waals surface area contributed by atoms with E-state index in [9.17, 15) is 49.2 Å². The fraction of sp³-hybridized carbons (Fsp3) is 0.812. The molecule has 2 N–H and O–H groups in total. The third kappa shape index (κ3) is 34.2. The number of aliphatic carboxylic acids is 4. The number of carboxylic acids is 4. The Morgan fingerprint density at radius 1 is 0.467 bits per heavy atom. The largest absolute Gasteiger partial charge is 2.00 e. The van der Waals surface area contributed by atoms with Crippen LogP contribution in [0.4, 0.5) is 0 Å². The summed E-state index contributed by atoms with van der Waals surface area (Å²) < 4.78 is 0. The Bertz CT molecular complexity index is 772. The molecule has 0 saturated carbocycles. The maximum atomic E-state index is 11.5. The van der Waals surface area contributed by atoms with Gasteiger partial charge in [-0.25, -0.2) is 0 Å². The van der Waals surface area contributed by atoms with Crippen LogP contribution in [0, 0.1) is 0 Å². The molecule has 0 spiro atoms. The van der Waals surface area contributed by atoms with Crippen LogP contribution >= 0.6 is 0 Å². The molecule has 12 nitrogen and oxygen atoms in total. The van der Waals surface area contributed by atoms with Crippen molar-refractivity contribution < 1.29 is 71.5 Å². The fourth-order valence-electron chi connectivity index (χ4n) is 4.45. The zero-order chi connectivity index (χ0) is 33.6. The van der Waals surface area contributed by atoms with Crippen LogP contribution < -0.4 is 31.1 Å². The van der Waals surface area contributed by atoms with Crippen molar-refractivity contribution in [1.82, 2.24) is 10.6 Å². The molecule has 0 rings (SSSR count). The molecule has 2 amide bonds. The first-order valence-electron chi connectivity index (χ1n) is 16.3. The van der Waals surface area contributed by atoms with Crippen molar-refractivity contribution in [2.24, 2.45) is 0 Å². The molecule has 0 aromatic rings. The second-order valence-corrected chi connectivity index (χ2v) is 11.2. The third-order valence-electron chi connectivity index (χ3n) is 7.00. The Kier molecular flexibility index (Phi) is 34.2. The first-order chi connectivity index (χ1) is 20.9. The molecule has 0 saturated heterocycles. The van der Waals surface area contributed by atoms with Crippen LogP contribution in [0.15, 0.2) is 0 Å². The standard InChI is InChI=1S/2C16H29NO5.Zn/c2*1-2-3-4-5-6-7-8-9-10-11-14(18)17-13(16(21)22)12-15(19)20;/h2*13H,2-12H2,1H3,(H,17,18)(H,19,20)(H,21,22);/q;;+2/p-2/t2*13-;/m00./s1. The number of carbonyl (C=O) groups is 6. The van der Waals surface area contributed by atoms with Gasteiger partial charge in [-0.15, -0.1) is 0 Å². The van der Waals surface area contributed by atoms with Gasteiger partial charge >= 0.3 is 22.3 Å². The number of amides is 2. The average molecular weight is 694 g/mol. The molecule has 0 aromatic carbocycles. The first kappa shape index (κ1) is 46.9. The van der Waals surface area contributed by atoms with Crippen molar-refractivity contribution in [1.29, 1.82) is 0 Å². The molecular formula is C32H56N2O10Zn. The second kappa shape index (κ2) is 32.8. The zero-order valence-corrected chi connectivity index (χ0v) is 30.5. The summed E-state index contributed by atoms with van der Waals surface area (Å²) in [6, 6.07) is -3.04. The van der Waals surface area contributed by atoms with Gasteiger partial charge in [0.05, 0.1) is 24.0 Å². The van der Waals surface area contributed by atoms with E-state index in [-0.39, 0.29) is 35.2 Å². The van der Waals surface area contributed by atoms with Gasteiger partial charge in [0.2, 0.25) is 11.8 Å². The van der Waals surface area contributed by atoms with Gasteiger partial charge in [0.1, 0.15) is 0 Å². The molecule has 0 aliphatic rings. The van der Waals surface area contributed by atoms with Gasteiger partial charge in [0, 0.05) is 37.6 Å². The van der Waals surface area contributed by atoms with Crippen molar-refractivity contribution in [2.45, 2.75) is 167 Å². The van der Waals surface area contributed by atoms with E-state index in [1.165, 1.54) is 64.2 Å². The fourth-order valence-corrected chi connectivity index (χ4v) is 4.45. The van der Waals surface area contributed by atoms with E-state index in [0.29, 0.717) is 12.8 Å². The minimum Gasteiger partial charge on any atom is -0.550 e. The van der Waals surface area contributed by atoms with Crippen LogP contribution in [-0.2, 0) is 48.2 Å². The van der Waals surface area contributed by atoms with E-state index in [1.54, 1.807) is 0 Å². The monoisotopic (exact) mass is 692 g/mol. The Hall–Kier alpha value is -2.56. The summed E-state index contributed by atoms with van der Waals surface area (Å²) in [7, 11) is 0. The summed E-state index contributed by atoms with van der Waals surface area (Å²) in [4.78, 5) is 65.2. The Balaban J connectivity index is -0.000000235. The second-order valence-electron chi connectivity index (χ2n) is 11.2. The Labute approximate surface area is 284 Å². The number of hydrogen-bond donors (Lipinski definition) is 2. The number of unbranched alkanes of at least 4 members (excludes halogenated alkanes) is 16. The van der Waals surface area contributed by atoms with Gasteiger partial charge in [-0.3, -0.25) is 9.59 Å². The minimum atomic E-state index is -1.61. The summed E-state index contributed by atoms with van der Waals surface area (Å²) in [6.07, 6.45) is 19.0. The molecule has 13 heteroatoms. The summed E-state index contributed by atoms with van der Waals surface area (Å²) >= 11 is 0. The van der Waals surface area contributed by atoms with E-state index in [1.807, 2.05) is 0 Å². The minimum absolute atomic E-state index is 0. The normalized spacial score (nSPS) is 11.6. The van der Waals surface area contributed by atoms with Gasteiger partial charge in [0.15, 0.2) is 0 Å². The number of nitrogens with one attached hydrogen (secondary N) is 2. The summed E-state index contributed by atoms with van der Waals surface area (Å²) in [5, 5.41) is 46.4. The number of rotatable bonds is 28. The van der Waals surface area contributed by atoms with Gasteiger partial charge in [-0.2, -0.15) is 0 Å². The number of carbonyl (C=O) groups excluding carboxylic acids is 6. The number of hydrogen-bond acceptors (Lipinski definition) is 10. The molecule has 0 fully saturated rings. The smallest absolute Gasteiger partial charge is 0.550 e. The molecule has 2 atom stereocenters. The topological polar surface area (TPSA) is 219 Å². The van der Waals surface area contributed by atoms with E-state index in [4.69, 9.17) is 0 Å². The van der Waals surface area contributed by atoms with Crippen LogP contribution in [0.3, 0.4) is 0 Å². The molecule has 0 aromatic heterocycles. The summed E-state index contributed by atoms with van der Waals surface area (Å²) in [6.45, 7) is 4.37. The van der Waals surface area contributed by atoms with Crippen molar-refractivity contribution in [2.75, 3.05) is 0 Å². The summed E-state index contributed by atoms with van der Waals surface area (Å²) in [5.41, 5.74) is 0. The Morgan fingerprint density at radius 3 is 0.933 bits per heavy atom. The maximum Gasteiger partial charge on any atom is 2.00 e. The van der Waals surface area contributed by atoms with E-state index in [0.717, 1.165) is 38.5 Å². The molecule has 0 bridgehead atoms. The van der Waals surface area contributed by atoms with Crippen molar-refractivity contribution in [3.05, 3.63) is 0 Å².